The molecule has 29 heavy (non-hydrogen) atoms. The maximum atomic E-state index is 12.2. The van der Waals surface area contributed by atoms with Crippen molar-refractivity contribution in [2.75, 3.05) is 5.32 Å². The zero-order valence-electron chi connectivity index (χ0n) is 17.4. The first-order chi connectivity index (χ1) is 13.9. The van der Waals surface area contributed by atoms with Crippen molar-refractivity contribution in [3.8, 4) is 11.3 Å². The highest BCUT2D eigenvalue weighted by Gasteiger charge is 2.22. The number of aromatic nitrogens is 3. The van der Waals surface area contributed by atoms with Gasteiger partial charge in [-0.2, -0.15) is 0 Å². The number of primary amides is 1. The lowest BCUT2D eigenvalue weighted by Gasteiger charge is -2.13. The van der Waals surface area contributed by atoms with Crippen LogP contribution in [-0.2, 0) is 12.8 Å². The minimum absolute atomic E-state index is 0.464. The molecule has 0 aliphatic rings. The van der Waals surface area contributed by atoms with Gasteiger partial charge in [0.15, 0.2) is 5.13 Å². The van der Waals surface area contributed by atoms with Gasteiger partial charge in [0.1, 0.15) is 16.5 Å². The molecule has 2 aromatic heterocycles. The molecule has 0 radical (unpaired) electrons. The Labute approximate surface area is 175 Å². The Bertz CT molecular complexity index is 984. The number of nitrogens with zero attached hydrogens (tertiary/aromatic N) is 3. The van der Waals surface area contributed by atoms with Crippen LogP contribution in [0.1, 0.15) is 59.0 Å². The van der Waals surface area contributed by atoms with Gasteiger partial charge in [-0.15, -0.1) is 0 Å². The zero-order chi connectivity index (χ0) is 21.0. The van der Waals surface area contributed by atoms with Crippen LogP contribution in [-0.4, -0.2) is 20.9 Å². The fourth-order valence-electron chi connectivity index (χ4n) is 3.51. The van der Waals surface area contributed by atoms with E-state index in [0.717, 1.165) is 36.9 Å². The molecule has 0 saturated carbocycles. The van der Waals surface area contributed by atoms with Gasteiger partial charge in [-0.05, 0) is 37.8 Å². The number of nitrogens with one attached hydrogen (secondary N) is 1. The molecule has 3 N–H and O–H groups in total. The first-order valence-corrected chi connectivity index (χ1v) is 10.8. The molecule has 2 heterocycles. The van der Waals surface area contributed by atoms with Crippen molar-refractivity contribution in [2.24, 2.45) is 5.73 Å². The van der Waals surface area contributed by atoms with E-state index in [1.54, 1.807) is 0 Å². The molecule has 1 aromatic carbocycles. The third kappa shape index (κ3) is 4.79. The van der Waals surface area contributed by atoms with Crippen LogP contribution in [0.25, 0.3) is 11.3 Å². The molecule has 0 fully saturated rings. The highest BCUT2D eigenvalue weighted by molar-refractivity contribution is 7.18. The van der Waals surface area contributed by atoms with Crippen molar-refractivity contribution in [1.82, 2.24) is 15.0 Å². The van der Waals surface area contributed by atoms with Gasteiger partial charge >= 0.3 is 0 Å². The van der Waals surface area contributed by atoms with E-state index in [0.29, 0.717) is 27.3 Å². The van der Waals surface area contributed by atoms with E-state index in [9.17, 15) is 4.79 Å². The van der Waals surface area contributed by atoms with E-state index in [1.165, 1.54) is 22.5 Å². The molecule has 3 aromatic rings. The second-order valence-corrected chi connectivity index (χ2v) is 8.08. The van der Waals surface area contributed by atoms with Crippen molar-refractivity contribution in [3.05, 3.63) is 51.8 Å². The molecule has 0 spiro atoms. The van der Waals surface area contributed by atoms with E-state index in [1.807, 2.05) is 19.9 Å². The average molecular weight is 410 g/mol. The second-order valence-electron chi connectivity index (χ2n) is 7.08. The minimum Gasteiger partial charge on any atom is -0.365 e. The summed E-state index contributed by atoms with van der Waals surface area (Å²) in [6, 6.07) is 8.17. The number of hydrogen-bond donors (Lipinski definition) is 2. The monoisotopic (exact) mass is 409 g/mol. The summed E-state index contributed by atoms with van der Waals surface area (Å²) in [6.07, 6.45) is 3.89. The average Bonchev–Trinajstić information content (AvgIpc) is 3.05. The SMILES string of the molecule is CCCc1cccc(CCC)c1-c1nc(Nc2cc(C)nc(C)n2)sc1C(N)=O. The highest BCUT2D eigenvalue weighted by atomic mass is 32.1. The Balaban J connectivity index is 2.11. The Morgan fingerprint density at radius 2 is 1.72 bits per heavy atom. The molecular weight excluding hydrogens is 382 g/mol. The summed E-state index contributed by atoms with van der Waals surface area (Å²) < 4.78 is 0. The number of hydrogen-bond acceptors (Lipinski definition) is 6. The summed E-state index contributed by atoms with van der Waals surface area (Å²) >= 11 is 1.27. The predicted octanol–water partition coefficient (Wildman–Crippen LogP) is 4.96. The van der Waals surface area contributed by atoms with E-state index in [2.05, 4.69) is 47.3 Å². The summed E-state index contributed by atoms with van der Waals surface area (Å²) in [7, 11) is 0. The fraction of sp³-hybridized carbons (Fsp3) is 0.364. The lowest BCUT2D eigenvalue weighted by atomic mass is 9.92. The molecule has 0 aliphatic heterocycles. The summed E-state index contributed by atoms with van der Waals surface area (Å²) in [5, 5.41) is 3.82. The number of nitrogens with two attached hydrogens (primary N) is 1. The van der Waals surface area contributed by atoms with Crippen molar-refractivity contribution >= 4 is 28.2 Å². The van der Waals surface area contributed by atoms with Gasteiger partial charge in [-0.25, -0.2) is 15.0 Å². The van der Waals surface area contributed by atoms with Gasteiger partial charge < -0.3 is 11.1 Å². The lowest BCUT2D eigenvalue weighted by Crippen LogP contribution is -2.11. The van der Waals surface area contributed by atoms with Crippen LogP contribution in [0.3, 0.4) is 0 Å². The topological polar surface area (TPSA) is 93.8 Å². The maximum absolute atomic E-state index is 12.2. The van der Waals surface area contributed by atoms with Gasteiger partial charge in [0.2, 0.25) is 0 Å². The van der Waals surface area contributed by atoms with Crippen molar-refractivity contribution in [3.63, 3.8) is 0 Å². The van der Waals surface area contributed by atoms with Crippen molar-refractivity contribution in [2.45, 2.75) is 53.4 Å². The molecule has 6 nitrogen and oxygen atoms in total. The molecule has 152 valence electrons. The number of aryl methyl sites for hydroxylation is 4. The van der Waals surface area contributed by atoms with Crippen LogP contribution < -0.4 is 11.1 Å². The largest absolute Gasteiger partial charge is 0.365 e. The third-order valence-electron chi connectivity index (χ3n) is 4.56. The highest BCUT2D eigenvalue weighted by Crippen LogP contribution is 2.37. The first kappa shape index (κ1) is 20.9. The molecular formula is C22H27N5OS. The van der Waals surface area contributed by atoms with E-state index in [4.69, 9.17) is 10.7 Å². The first-order valence-electron chi connectivity index (χ1n) is 9.94. The lowest BCUT2D eigenvalue weighted by molar-refractivity contribution is 0.100. The number of thiazole rings is 1. The predicted molar refractivity (Wildman–Crippen MR) is 119 cm³/mol. The number of rotatable bonds is 8. The Hall–Kier alpha value is -2.80. The summed E-state index contributed by atoms with van der Waals surface area (Å²) in [4.78, 5) is 26.2. The number of amides is 1. The standard InChI is InChI=1S/C22H27N5OS/c1-5-8-15-10-7-11-16(9-6-2)18(15)19-20(21(23)28)29-22(27-19)26-17-12-13(3)24-14(4)25-17/h7,10-12H,5-6,8-9H2,1-4H3,(H2,23,28)(H,24,25,26,27). The molecule has 0 atom stereocenters. The van der Waals surface area contributed by atoms with Gasteiger partial charge in [0, 0.05) is 17.3 Å². The van der Waals surface area contributed by atoms with Crippen LogP contribution in [0.15, 0.2) is 24.3 Å². The van der Waals surface area contributed by atoms with Gasteiger partial charge in [-0.1, -0.05) is 56.2 Å². The van der Waals surface area contributed by atoms with E-state index >= 15 is 0 Å². The molecule has 3 rings (SSSR count). The van der Waals surface area contributed by atoms with Crippen molar-refractivity contribution in [1.29, 1.82) is 0 Å². The third-order valence-corrected chi connectivity index (χ3v) is 5.55. The van der Waals surface area contributed by atoms with E-state index < -0.39 is 5.91 Å². The Kier molecular flexibility index (Phi) is 6.59. The molecule has 7 heteroatoms. The quantitative estimate of drug-likeness (QED) is 0.548. The number of benzene rings is 1. The number of carbonyl (C=O) groups excluding carboxylic acids is 1. The smallest absolute Gasteiger partial charge is 0.261 e. The maximum Gasteiger partial charge on any atom is 0.261 e. The van der Waals surface area contributed by atoms with Crippen LogP contribution in [0, 0.1) is 13.8 Å². The summed E-state index contributed by atoms with van der Waals surface area (Å²) in [6.45, 7) is 8.07. The molecule has 0 aliphatic carbocycles. The van der Waals surface area contributed by atoms with E-state index in [-0.39, 0.29) is 0 Å². The summed E-state index contributed by atoms with van der Waals surface area (Å²) in [5.74, 6) is 0.870. The Morgan fingerprint density at radius 1 is 1.07 bits per heavy atom. The van der Waals surface area contributed by atoms with Crippen LogP contribution in [0.2, 0.25) is 0 Å². The zero-order valence-corrected chi connectivity index (χ0v) is 18.2. The normalized spacial score (nSPS) is 10.9. The minimum atomic E-state index is -0.464. The molecule has 0 saturated heterocycles. The second kappa shape index (κ2) is 9.13. The number of anilines is 2. The van der Waals surface area contributed by atoms with Gasteiger partial charge in [-0.3, -0.25) is 4.79 Å². The van der Waals surface area contributed by atoms with Crippen LogP contribution >= 0.6 is 11.3 Å². The summed E-state index contributed by atoms with van der Waals surface area (Å²) in [5.41, 5.74) is 10.7. The fourth-order valence-corrected chi connectivity index (χ4v) is 4.34. The molecule has 0 unspecified atom stereocenters. The van der Waals surface area contributed by atoms with Gasteiger partial charge in [0.05, 0.1) is 5.69 Å². The van der Waals surface area contributed by atoms with Crippen molar-refractivity contribution < 1.29 is 4.79 Å². The Morgan fingerprint density at radius 3 is 2.28 bits per heavy atom. The van der Waals surface area contributed by atoms with Gasteiger partial charge in [0.25, 0.3) is 5.91 Å². The number of carbonyl (C=O) groups is 1. The van der Waals surface area contributed by atoms with Crippen LogP contribution in [0.4, 0.5) is 10.9 Å². The van der Waals surface area contributed by atoms with Crippen LogP contribution in [0.5, 0.6) is 0 Å². The molecule has 1 amide bonds. The molecule has 0 bridgehead atoms.